The van der Waals surface area contributed by atoms with E-state index in [1.54, 1.807) is 41.3 Å². The highest BCUT2D eigenvalue weighted by Gasteiger charge is 2.25. The number of carbonyl (C=O) groups excluding carboxylic acids is 3. The van der Waals surface area contributed by atoms with Gasteiger partial charge in [0.1, 0.15) is 5.75 Å². The molecule has 0 bridgehead atoms. The third-order valence-corrected chi connectivity index (χ3v) is 4.35. The van der Waals surface area contributed by atoms with Gasteiger partial charge in [0.15, 0.2) is 6.61 Å². The molecule has 1 heterocycles. The lowest BCUT2D eigenvalue weighted by Gasteiger charge is -2.29. The van der Waals surface area contributed by atoms with Gasteiger partial charge in [0.05, 0.1) is 16.9 Å². The van der Waals surface area contributed by atoms with Gasteiger partial charge in [-0.3, -0.25) is 14.4 Å². The average Bonchev–Trinajstić information content (AvgIpc) is 2.71. The molecule has 0 aromatic heterocycles. The van der Waals surface area contributed by atoms with Crippen LogP contribution in [0.1, 0.15) is 30.1 Å². The van der Waals surface area contributed by atoms with E-state index in [2.05, 4.69) is 10.6 Å². The molecule has 2 N–H and O–H groups in total. The number of rotatable bonds is 7. The van der Waals surface area contributed by atoms with Crippen molar-refractivity contribution in [2.24, 2.45) is 0 Å². The van der Waals surface area contributed by atoms with Crippen molar-refractivity contribution in [3.63, 3.8) is 0 Å². The fourth-order valence-corrected chi connectivity index (χ4v) is 2.95. The molecule has 2 aromatic carbocycles. The van der Waals surface area contributed by atoms with E-state index >= 15 is 0 Å². The lowest BCUT2D eigenvalue weighted by Crippen LogP contribution is -2.40. The van der Waals surface area contributed by atoms with Gasteiger partial charge < -0.3 is 20.3 Å². The molecule has 2 aromatic rings. The first-order valence-electron chi connectivity index (χ1n) is 9.29. The quantitative estimate of drug-likeness (QED) is 0.772. The summed E-state index contributed by atoms with van der Waals surface area (Å²) in [7, 11) is 0. The fourth-order valence-electron chi connectivity index (χ4n) is 2.95. The van der Waals surface area contributed by atoms with Gasteiger partial charge in [-0.15, -0.1) is 0 Å². The summed E-state index contributed by atoms with van der Waals surface area (Å²) in [5, 5.41) is 5.58. The van der Waals surface area contributed by atoms with Gasteiger partial charge in [-0.05, 0) is 30.7 Å². The smallest absolute Gasteiger partial charge is 0.265 e. The van der Waals surface area contributed by atoms with Crippen LogP contribution in [0.25, 0.3) is 0 Å². The Morgan fingerprint density at radius 1 is 1.11 bits per heavy atom. The number of hydrogen-bond acceptors (Lipinski definition) is 4. The molecular weight excluding hydrogens is 358 g/mol. The van der Waals surface area contributed by atoms with Crippen molar-refractivity contribution in [2.75, 3.05) is 29.9 Å². The number of para-hydroxylation sites is 3. The second kappa shape index (κ2) is 9.03. The minimum atomic E-state index is -0.271. The summed E-state index contributed by atoms with van der Waals surface area (Å²) in [6, 6.07) is 14.1. The largest absolute Gasteiger partial charge is 0.482 e. The second-order valence-corrected chi connectivity index (χ2v) is 6.40. The average molecular weight is 381 g/mol. The molecule has 7 heteroatoms. The van der Waals surface area contributed by atoms with E-state index in [4.69, 9.17) is 4.74 Å². The minimum Gasteiger partial charge on any atom is -0.482 e. The molecule has 1 aliphatic rings. The van der Waals surface area contributed by atoms with E-state index < -0.39 is 0 Å². The third kappa shape index (κ3) is 4.49. The van der Waals surface area contributed by atoms with E-state index in [0.717, 1.165) is 6.42 Å². The van der Waals surface area contributed by atoms with Crippen LogP contribution >= 0.6 is 0 Å². The third-order valence-electron chi connectivity index (χ3n) is 4.35. The van der Waals surface area contributed by atoms with Crippen LogP contribution in [0.15, 0.2) is 48.5 Å². The molecule has 0 unspecified atom stereocenters. The molecule has 28 heavy (non-hydrogen) atoms. The molecule has 0 saturated heterocycles. The molecule has 0 aliphatic carbocycles. The Kier molecular flexibility index (Phi) is 6.26. The zero-order valence-electron chi connectivity index (χ0n) is 15.7. The number of fused-ring (bicyclic) bond motifs is 1. The van der Waals surface area contributed by atoms with E-state index in [-0.39, 0.29) is 37.3 Å². The van der Waals surface area contributed by atoms with Gasteiger partial charge in [-0.2, -0.15) is 0 Å². The Bertz CT molecular complexity index is 881. The van der Waals surface area contributed by atoms with Crippen LogP contribution < -0.4 is 20.3 Å². The summed E-state index contributed by atoms with van der Waals surface area (Å²) < 4.78 is 5.41. The molecule has 3 rings (SSSR count). The van der Waals surface area contributed by atoms with Crippen LogP contribution in [-0.2, 0) is 9.59 Å². The lowest BCUT2D eigenvalue weighted by atomic mass is 10.1. The maximum Gasteiger partial charge on any atom is 0.265 e. The predicted molar refractivity (Wildman–Crippen MR) is 107 cm³/mol. The highest BCUT2D eigenvalue weighted by Crippen LogP contribution is 2.31. The van der Waals surface area contributed by atoms with Crippen LogP contribution in [0.3, 0.4) is 0 Å². The van der Waals surface area contributed by atoms with Crippen molar-refractivity contribution in [1.29, 1.82) is 0 Å². The Morgan fingerprint density at radius 3 is 2.68 bits per heavy atom. The topological polar surface area (TPSA) is 87.7 Å². The van der Waals surface area contributed by atoms with Gasteiger partial charge in [0.2, 0.25) is 5.91 Å². The molecule has 3 amide bonds. The van der Waals surface area contributed by atoms with Crippen molar-refractivity contribution in [3.8, 4) is 5.75 Å². The maximum absolute atomic E-state index is 12.5. The van der Waals surface area contributed by atoms with Crippen LogP contribution in [0, 0.1) is 0 Å². The molecule has 0 atom stereocenters. The predicted octanol–water partition coefficient (Wildman–Crippen LogP) is 2.58. The summed E-state index contributed by atoms with van der Waals surface area (Å²) in [5.74, 6) is -0.0613. The molecular formula is C21H23N3O4. The van der Waals surface area contributed by atoms with Crippen LogP contribution in [0.2, 0.25) is 0 Å². The Hall–Kier alpha value is -3.35. The number of amides is 3. The number of nitrogens with zero attached hydrogens (tertiary/aromatic N) is 1. The van der Waals surface area contributed by atoms with Gasteiger partial charge >= 0.3 is 0 Å². The van der Waals surface area contributed by atoms with Gasteiger partial charge in [-0.25, -0.2) is 0 Å². The fraction of sp³-hybridized carbons (Fsp3) is 0.286. The number of benzene rings is 2. The monoisotopic (exact) mass is 381 g/mol. The molecule has 0 spiro atoms. The zero-order chi connectivity index (χ0) is 19.9. The summed E-state index contributed by atoms with van der Waals surface area (Å²) in [6.45, 7) is 2.73. The first-order chi connectivity index (χ1) is 13.6. The summed E-state index contributed by atoms with van der Waals surface area (Å²) >= 11 is 0. The Balaban J connectivity index is 1.64. The Morgan fingerprint density at radius 2 is 1.86 bits per heavy atom. The number of carbonyl (C=O) groups is 3. The standard InChI is InChI=1S/C21H23N3O4/c1-2-12-22-21(27)15-7-3-4-8-16(15)23-19(25)11-13-24-17-9-5-6-10-18(17)28-14-20(24)26/h3-10H,2,11-14H2,1H3,(H,22,27)(H,23,25). The van der Waals surface area contributed by atoms with Gasteiger partial charge in [0.25, 0.3) is 11.8 Å². The highest BCUT2D eigenvalue weighted by atomic mass is 16.5. The van der Waals surface area contributed by atoms with Crippen LogP contribution in [0.5, 0.6) is 5.75 Å². The molecule has 0 saturated carbocycles. The first kappa shape index (κ1) is 19.4. The van der Waals surface area contributed by atoms with E-state index in [1.165, 1.54) is 0 Å². The summed E-state index contributed by atoms with van der Waals surface area (Å²) in [5.41, 5.74) is 1.53. The first-order valence-corrected chi connectivity index (χ1v) is 9.29. The van der Waals surface area contributed by atoms with Crippen molar-refractivity contribution in [2.45, 2.75) is 19.8 Å². The lowest BCUT2D eigenvalue weighted by molar-refractivity contribution is -0.121. The zero-order valence-corrected chi connectivity index (χ0v) is 15.7. The Labute approximate surface area is 163 Å². The second-order valence-electron chi connectivity index (χ2n) is 6.40. The minimum absolute atomic E-state index is 0.0426. The molecule has 0 radical (unpaired) electrons. The highest BCUT2D eigenvalue weighted by molar-refractivity contribution is 6.04. The van der Waals surface area contributed by atoms with Crippen molar-refractivity contribution < 1.29 is 19.1 Å². The van der Waals surface area contributed by atoms with Crippen LogP contribution in [0.4, 0.5) is 11.4 Å². The SMILES string of the molecule is CCCNC(=O)c1ccccc1NC(=O)CCN1C(=O)COc2ccccc21. The molecule has 0 fully saturated rings. The number of nitrogens with one attached hydrogen (secondary N) is 2. The van der Waals surface area contributed by atoms with Gasteiger partial charge in [0, 0.05) is 19.5 Å². The number of anilines is 2. The molecule has 1 aliphatic heterocycles. The van der Waals surface area contributed by atoms with Crippen molar-refractivity contribution in [3.05, 3.63) is 54.1 Å². The number of ether oxygens (including phenoxy) is 1. The van der Waals surface area contributed by atoms with Crippen LogP contribution in [-0.4, -0.2) is 37.4 Å². The van der Waals surface area contributed by atoms with Crippen molar-refractivity contribution in [1.82, 2.24) is 5.32 Å². The molecule has 7 nitrogen and oxygen atoms in total. The van der Waals surface area contributed by atoms with Gasteiger partial charge in [-0.1, -0.05) is 31.2 Å². The summed E-state index contributed by atoms with van der Waals surface area (Å²) in [4.78, 5) is 38.5. The summed E-state index contributed by atoms with van der Waals surface area (Å²) in [6.07, 6.45) is 0.931. The maximum atomic E-state index is 12.5. The molecule has 146 valence electrons. The number of hydrogen-bond donors (Lipinski definition) is 2. The normalized spacial score (nSPS) is 12.8. The van der Waals surface area contributed by atoms with E-state index in [1.807, 2.05) is 19.1 Å². The van der Waals surface area contributed by atoms with Crippen molar-refractivity contribution >= 4 is 29.1 Å². The van der Waals surface area contributed by atoms with E-state index in [0.29, 0.717) is 29.2 Å². The van der Waals surface area contributed by atoms with E-state index in [9.17, 15) is 14.4 Å².